The van der Waals surface area contributed by atoms with E-state index in [4.69, 9.17) is 15.0 Å². The van der Waals surface area contributed by atoms with E-state index in [1.54, 1.807) is 6.26 Å². The molecule has 1 saturated heterocycles. The Labute approximate surface area is 97.3 Å². The number of ether oxygens (including phenoxy) is 1. The Morgan fingerprint density at radius 1 is 1.67 bits per heavy atom. The van der Waals surface area contributed by atoms with Gasteiger partial charge in [0.25, 0.3) is 0 Å². The standard InChI is InChI=1S/C10H15BrN2O2/c1-6-4-7(5-15-6)9(13-12)10-8(11)2-3-14-10/h2-3,6-7,9,13H,4-5,12H2,1H3. The molecule has 84 valence electrons. The normalized spacial score (nSPS) is 28.2. The van der Waals surface area contributed by atoms with Crippen molar-refractivity contribution < 1.29 is 9.15 Å². The molecule has 1 aromatic heterocycles. The summed E-state index contributed by atoms with van der Waals surface area (Å²) < 4.78 is 11.9. The SMILES string of the molecule is CC1CC(C(NN)c2occc2Br)CO1. The van der Waals surface area contributed by atoms with Crippen LogP contribution in [-0.2, 0) is 4.74 Å². The fourth-order valence-electron chi connectivity index (χ4n) is 2.04. The van der Waals surface area contributed by atoms with Gasteiger partial charge in [0.1, 0.15) is 5.76 Å². The van der Waals surface area contributed by atoms with Gasteiger partial charge in [-0.1, -0.05) is 0 Å². The summed E-state index contributed by atoms with van der Waals surface area (Å²) in [6, 6.07) is 1.89. The van der Waals surface area contributed by atoms with E-state index in [2.05, 4.69) is 28.3 Å². The zero-order valence-electron chi connectivity index (χ0n) is 8.57. The first-order valence-electron chi connectivity index (χ1n) is 5.03. The summed E-state index contributed by atoms with van der Waals surface area (Å²) in [6.07, 6.45) is 2.96. The number of hydrazine groups is 1. The van der Waals surface area contributed by atoms with Crippen LogP contribution in [0, 0.1) is 5.92 Å². The third-order valence-corrected chi connectivity index (χ3v) is 3.46. The predicted molar refractivity (Wildman–Crippen MR) is 60.0 cm³/mol. The molecular weight excluding hydrogens is 260 g/mol. The molecule has 0 bridgehead atoms. The van der Waals surface area contributed by atoms with Gasteiger partial charge in [0.15, 0.2) is 0 Å². The topological polar surface area (TPSA) is 60.4 Å². The minimum atomic E-state index is 0.0133. The minimum Gasteiger partial charge on any atom is -0.466 e. The second-order valence-corrected chi connectivity index (χ2v) is 4.77. The first-order chi connectivity index (χ1) is 7.22. The van der Waals surface area contributed by atoms with E-state index in [9.17, 15) is 0 Å². The number of nitrogens with one attached hydrogen (secondary N) is 1. The van der Waals surface area contributed by atoms with Crippen molar-refractivity contribution in [1.29, 1.82) is 0 Å². The molecule has 2 rings (SSSR count). The molecule has 0 spiro atoms. The van der Waals surface area contributed by atoms with Gasteiger partial charge >= 0.3 is 0 Å². The second kappa shape index (κ2) is 4.65. The smallest absolute Gasteiger partial charge is 0.136 e. The first kappa shape index (κ1) is 11.1. The molecule has 5 heteroatoms. The Balaban J connectivity index is 2.14. The lowest BCUT2D eigenvalue weighted by atomic mass is 9.95. The Hall–Kier alpha value is -0.360. The largest absolute Gasteiger partial charge is 0.466 e. The van der Waals surface area contributed by atoms with E-state index < -0.39 is 0 Å². The molecule has 1 aromatic rings. The second-order valence-electron chi connectivity index (χ2n) is 3.92. The lowest BCUT2D eigenvalue weighted by molar-refractivity contribution is 0.115. The summed E-state index contributed by atoms with van der Waals surface area (Å²) in [4.78, 5) is 0. The molecule has 3 atom stereocenters. The number of hydrogen-bond acceptors (Lipinski definition) is 4. The molecule has 0 aliphatic carbocycles. The highest BCUT2D eigenvalue weighted by molar-refractivity contribution is 9.10. The molecule has 1 fully saturated rings. The fraction of sp³-hybridized carbons (Fsp3) is 0.600. The Bertz CT molecular complexity index is 329. The highest BCUT2D eigenvalue weighted by Crippen LogP contribution is 2.34. The number of furan rings is 1. The van der Waals surface area contributed by atoms with Gasteiger partial charge in [-0.3, -0.25) is 5.84 Å². The molecule has 1 aliphatic rings. The fourth-order valence-corrected chi connectivity index (χ4v) is 2.48. The summed E-state index contributed by atoms with van der Waals surface area (Å²) in [6.45, 7) is 2.80. The van der Waals surface area contributed by atoms with Gasteiger partial charge in [0, 0.05) is 5.92 Å². The van der Waals surface area contributed by atoms with Crippen molar-refractivity contribution in [1.82, 2.24) is 5.43 Å². The average Bonchev–Trinajstić information content (AvgIpc) is 2.79. The van der Waals surface area contributed by atoms with Crippen LogP contribution in [0.4, 0.5) is 0 Å². The van der Waals surface area contributed by atoms with Gasteiger partial charge in [-0.25, -0.2) is 5.43 Å². The molecular formula is C10H15BrN2O2. The molecule has 1 aliphatic heterocycles. The van der Waals surface area contributed by atoms with Gasteiger partial charge in [0.2, 0.25) is 0 Å². The van der Waals surface area contributed by atoms with Crippen molar-refractivity contribution in [3.8, 4) is 0 Å². The van der Waals surface area contributed by atoms with Crippen molar-refractivity contribution in [2.75, 3.05) is 6.61 Å². The van der Waals surface area contributed by atoms with Crippen LogP contribution in [0.25, 0.3) is 0 Å². The Morgan fingerprint density at radius 2 is 2.47 bits per heavy atom. The van der Waals surface area contributed by atoms with E-state index in [-0.39, 0.29) is 6.04 Å². The highest BCUT2D eigenvalue weighted by atomic mass is 79.9. The van der Waals surface area contributed by atoms with E-state index in [0.717, 1.165) is 23.3 Å². The number of nitrogens with two attached hydrogens (primary N) is 1. The lowest BCUT2D eigenvalue weighted by Crippen LogP contribution is -2.33. The molecule has 0 radical (unpaired) electrons. The maximum Gasteiger partial charge on any atom is 0.136 e. The molecule has 4 nitrogen and oxygen atoms in total. The average molecular weight is 275 g/mol. The maximum absolute atomic E-state index is 5.57. The molecule has 0 aromatic carbocycles. The van der Waals surface area contributed by atoms with Crippen molar-refractivity contribution in [2.45, 2.75) is 25.5 Å². The van der Waals surface area contributed by atoms with E-state index in [1.165, 1.54) is 0 Å². The molecule has 3 unspecified atom stereocenters. The van der Waals surface area contributed by atoms with Gasteiger partial charge in [-0.15, -0.1) is 0 Å². The predicted octanol–water partition coefficient (Wildman–Crippen LogP) is 1.97. The van der Waals surface area contributed by atoms with E-state index >= 15 is 0 Å². The van der Waals surface area contributed by atoms with Gasteiger partial charge in [0.05, 0.1) is 29.5 Å². The van der Waals surface area contributed by atoms with Crippen LogP contribution in [0.5, 0.6) is 0 Å². The van der Waals surface area contributed by atoms with Gasteiger partial charge in [-0.2, -0.15) is 0 Å². The zero-order valence-corrected chi connectivity index (χ0v) is 10.2. The van der Waals surface area contributed by atoms with Gasteiger partial charge in [-0.05, 0) is 35.3 Å². The third kappa shape index (κ3) is 2.25. The third-order valence-electron chi connectivity index (χ3n) is 2.81. The zero-order chi connectivity index (χ0) is 10.8. The maximum atomic E-state index is 5.57. The van der Waals surface area contributed by atoms with Crippen LogP contribution >= 0.6 is 15.9 Å². The van der Waals surface area contributed by atoms with Crippen LogP contribution in [0.2, 0.25) is 0 Å². The highest BCUT2D eigenvalue weighted by Gasteiger charge is 2.32. The van der Waals surface area contributed by atoms with Crippen LogP contribution in [0.1, 0.15) is 25.1 Å². The summed E-state index contributed by atoms with van der Waals surface area (Å²) in [5.41, 5.74) is 2.80. The van der Waals surface area contributed by atoms with Crippen LogP contribution in [0.15, 0.2) is 21.2 Å². The van der Waals surface area contributed by atoms with Crippen LogP contribution in [-0.4, -0.2) is 12.7 Å². The summed E-state index contributed by atoms with van der Waals surface area (Å²) in [5, 5.41) is 0. The van der Waals surface area contributed by atoms with Crippen molar-refractivity contribution >= 4 is 15.9 Å². The lowest BCUT2D eigenvalue weighted by Gasteiger charge is -2.19. The minimum absolute atomic E-state index is 0.0133. The summed E-state index contributed by atoms with van der Waals surface area (Å²) in [5.74, 6) is 6.79. The van der Waals surface area contributed by atoms with E-state index in [0.29, 0.717) is 12.0 Å². The molecule has 2 heterocycles. The van der Waals surface area contributed by atoms with Crippen molar-refractivity contribution in [2.24, 2.45) is 11.8 Å². The van der Waals surface area contributed by atoms with E-state index in [1.807, 2.05) is 6.07 Å². The summed E-state index contributed by atoms with van der Waals surface area (Å²) in [7, 11) is 0. The monoisotopic (exact) mass is 274 g/mol. The summed E-state index contributed by atoms with van der Waals surface area (Å²) >= 11 is 3.44. The van der Waals surface area contributed by atoms with Gasteiger partial charge < -0.3 is 9.15 Å². The van der Waals surface area contributed by atoms with Crippen LogP contribution < -0.4 is 11.3 Å². The quantitative estimate of drug-likeness (QED) is 0.654. The first-order valence-corrected chi connectivity index (χ1v) is 5.82. The number of halogens is 1. The number of rotatable bonds is 3. The molecule has 0 saturated carbocycles. The molecule has 0 amide bonds. The van der Waals surface area contributed by atoms with Crippen LogP contribution in [0.3, 0.4) is 0 Å². The Morgan fingerprint density at radius 3 is 2.93 bits per heavy atom. The molecule has 3 N–H and O–H groups in total. The Kier molecular flexibility index (Phi) is 3.45. The van der Waals surface area contributed by atoms with Crippen molar-refractivity contribution in [3.05, 3.63) is 22.6 Å². The number of hydrogen-bond donors (Lipinski definition) is 2. The molecule has 15 heavy (non-hydrogen) atoms. The van der Waals surface area contributed by atoms with Crippen molar-refractivity contribution in [3.63, 3.8) is 0 Å².